The zero-order valence-electron chi connectivity index (χ0n) is 9.53. The van der Waals surface area contributed by atoms with Gasteiger partial charge in [0, 0.05) is 18.4 Å². The number of hydrogen-bond donors (Lipinski definition) is 2. The van der Waals surface area contributed by atoms with Gasteiger partial charge >= 0.3 is 0 Å². The number of nitrogens with zero attached hydrogens (tertiary/aromatic N) is 1. The third-order valence-corrected chi connectivity index (χ3v) is 3.57. The van der Waals surface area contributed by atoms with Gasteiger partial charge in [-0.2, -0.15) is 0 Å². The Morgan fingerprint density at radius 1 is 1.35 bits per heavy atom. The largest absolute Gasteiger partial charge is 0.399 e. The summed E-state index contributed by atoms with van der Waals surface area (Å²) in [5, 5.41) is 3.82. The first-order valence-corrected chi connectivity index (χ1v) is 6.41. The van der Waals surface area contributed by atoms with Crippen molar-refractivity contribution in [3.63, 3.8) is 0 Å². The Labute approximate surface area is 106 Å². The van der Waals surface area contributed by atoms with Crippen LogP contribution in [0.15, 0.2) is 12.1 Å². The van der Waals surface area contributed by atoms with Crippen LogP contribution in [0.2, 0.25) is 5.15 Å². The minimum absolute atomic E-state index is 0.331. The summed E-state index contributed by atoms with van der Waals surface area (Å²) < 4.78 is 5.77. The average molecular weight is 254 g/mol. The van der Waals surface area contributed by atoms with Gasteiger partial charge in [-0.3, -0.25) is 0 Å². The normalized spacial score (nSPS) is 28.3. The maximum absolute atomic E-state index is 5.88. The lowest BCUT2D eigenvalue weighted by Crippen LogP contribution is -2.31. The lowest BCUT2D eigenvalue weighted by atomic mass is 10.1. The van der Waals surface area contributed by atoms with E-state index in [1.165, 1.54) is 12.8 Å². The highest BCUT2D eigenvalue weighted by Gasteiger charge is 2.40. The van der Waals surface area contributed by atoms with Crippen LogP contribution in [0.4, 0.5) is 11.5 Å². The van der Waals surface area contributed by atoms with Crippen molar-refractivity contribution in [1.82, 2.24) is 4.98 Å². The van der Waals surface area contributed by atoms with Gasteiger partial charge in [0.25, 0.3) is 0 Å². The highest BCUT2D eigenvalue weighted by Crippen LogP contribution is 2.39. The molecule has 0 spiro atoms. The molecule has 1 saturated carbocycles. The number of anilines is 2. The number of pyridine rings is 1. The molecule has 3 N–H and O–H groups in total. The molecule has 1 aromatic rings. The van der Waals surface area contributed by atoms with Gasteiger partial charge in [-0.1, -0.05) is 11.6 Å². The summed E-state index contributed by atoms with van der Waals surface area (Å²) >= 11 is 5.88. The van der Waals surface area contributed by atoms with E-state index in [9.17, 15) is 0 Å². The molecule has 17 heavy (non-hydrogen) atoms. The van der Waals surface area contributed by atoms with Crippen molar-refractivity contribution < 1.29 is 4.74 Å². The van der Waals surface area contributed by atoms with E-state index in [-0.39, 0.29) is 0 Å². The molecule has 0 radical (unpaired) electrons. The number of nitrogen functional groups attached to an aromatic ring is 1. The molecule has 1 aliphatic heterocycles. The molecule has 0 aromatic carbocycles. The van der Waals surface area contributed by atoms with Gasteiger partial charge in [0.05, 0.1) is 12.1 Å². The number of nitrogens with one attached hydrogen (secondary N) is 1. The fraction of sp³-hybridized carbons (Fsp3) is 0.583. The summed E-state index contributed by atoms with van der Waals surface area (Å²) in [5.74, 6) is 1.47. The first-order chi connectivity index (χ1) is 8.22. The molecular formula is C12H16ClN3O. The van der Waals surface area contributed by atoms with Crippen molar-refractivity contribution in [2.75, 3.05) is 17.7 Å². The van der Waals surface area contributed by atoms with Crippen LogP contribution in [0.5, 0.6) is 0 Å². The maximum atomic E-state index is 5.88. The van der Waals surface area contributed by atoms with Crippen molar-refractivity contribution in [3.8, 4) is 0 Å². The van der Waals surface area contributed by atoms with E-state index >= 15 is 0 Å². The third-order valence-electron chi connectivity index (χ3n) is 3.37. The fourth-order valence-electron chi connectivity index (χ4n) is 2.44. The highest BCUT2D eigenvalue weighted by atomic mass is 35.5. The molecule has 4 nitrogen and oxygen atoms in total. The molecule has 2 atom stereocenters. The van der Waals surface area contributed by atoms with Crippen LogP contribution in [0.25, 0.3) is 0 Å². The van der Waals surface area contributed by atoms with E-state index in [1.54, 1.807) is 6.07 Å². The number of halogens is 1. The Hall–Kier alpha value is -1.00. The molecule has 2 unspecified atom stereocenters. The number of hydrogen-bond acceptors (Lipinski definition) is 4. The Bertz CT molecular complexity index is 402. The maximum Gasteiger partial charge on any atom is 0.133 e. The van der Waals surface area contributed by atoms with Gasteiger partial charge in [-0.05, 0) is 31.2 Å². The molecule has 1 saturated heterocycles. The van der Waals surface area contributed by atoms with Crippen LogP contribution in [0.1, 0.15) is 19.3 Å². The number of ether oxygens (including phenoxy) is 1. The van der Waals surface area contributed by atoms with Crippen LogP contribution in [0, 0.1) is 5.92 Å². The molecule has 1 aliphatic carbocycles. The summed E-state index contributed by atoms with van der Waals surface area (Å²) in [4.78, 5) is 4.23. The Morgan fingerprint density at radius 3 is 2.88 bits per heavy atom. The zero-order chi connectivity index (χ0) is 11.8. The topological polar surface area (TPSA) is 60.2 Å². The average Bonchev–Trinajstić information content (AvgIpc) is 2.99. The van der Waals surface area contributed by atoms with Crippen molar-refractivity contribution in [3.05, 3.63) is 17.3 Å². The lowest BCUT2D eigenvalue weighted by Gasteiger charge is -2.20. The van der Waals surface area contributed by atoms with Gasteiger partial charge < -0.3 is 15.8 Å². The molecule has 92 valence electrons. The molecule has 2 aliphatic rings. The second kappa shape index (κ2) is 4.35. The summed E-state index contributed by atoms with van der Waals surface area (Å²) in [6.45, 7) is 0.828. The predicted molar refractivity (Wildman–Crippen MR) is 68.2 cm³/mol. The van der Waals surface area contributed by atoms with E-state index in [2.05, 4.69) is 10.3 Å². The van der Waals surface area contributed by atoms with Gasteiger partial charge in [0.2, 0.25) is 0 Å². The van der Waals surface area contributed by atoms with E-state index in [4.69, 9.17) is 22.1 Å². The SMILES string of the molecule is Nc1cc(Cl)nc(NC2CCOC2C2CC2)c1. The predicted octanol–water partition coefficient (Wildman–Crippen LogP) is 2.30. The van der Waals surface area contributed by atoms with Crippen molar-refractivity contribution in [2.45, 2.75) is 31.4 Å². The summed E-state index contributed by atoms with van der Waals surface area (Å²) in [6.07, 6.45) is 3.92. The van der Waals surface area contributed by atoms with Crippen LogP contribution in [-0.4, -0.2) is 23.7 Å². The molecule has 1 aromatic heterocycles. The van der Waals surface area contributed by atoms with Gasteiger partial charge in [-0.15, -0.1) is 0 Å². The third kappa shape index (κ3) is 2.48. The molecule has 2 fully saturated rings. The Kier molecular flexibility index (Phi) is 2.84. The van der Waals surface area contributed by atoms with Crippen LogP contribution < -0.4 is 11.1 Å². The van der Waals surface area contributed by atoms with E-state index in [1.807, 2.05) is 6.07 Å². The molecule has 0 amide bonds. The first-order valence-electron chi connectivity index (χ1n) is 6.03. The van der Waals surface area contributed by atoms with Crippen LogP contribution in [0.3, 0.4) is 0 Å². The standard InChI is InChI=1S/C12H16ClN3O/c13-10-5-8(14)6-11(16-10)15-9-3-4-17-12(9)7-1-2-7/h5-7,9,12H,1-4H2,(H3,14,15,16). The highest BCUT2D eigenvalue weighted by molar-refractivity contribution is 6.29. The molecular weight excluding hydrogens is 238 g/mol. The van der Waals surface area contributed by atoms with Crippen LogP contribution >= 0.6 is 11.6 Å². The van der Waals surface area contributed by atoms with Gasteiger partial charge in [0.1, 0.15) is 11.0 Å². The monoisotopic (exact) mass is 253 g/mol. The molecule has 2 heterocycles. The lowest BCUT2D eigenvalue weighted by molar-refractivity contribution is 0.0898. The number of rotatable bonds is 3. The molecule has 0 bridgehead atoms. The van der Waals surface area contributed by atoms with Crippen molar-refractivity contribution in [1.29, 1.82) is 0 Å². The Balaban J connectivity index is 1.72. The second-order valence-corrected chi connectivity index (χ2v) is 5.21. The fourth-order valence-corrected chi connectivity index (χ4v) is 2.65. The van der Waals surface area contributed by atoms with Crippen molar-refractivity contribution in [2.24, 2.45) is 5.92 Å². The minimum atomic E-state index is 0.331. The smallest absolute Gasteiger partial charge is 0.133 e. The number of nitrogens with two attached hydrogens (primary N) is 1. The summed E-state index contributed by atoms with van der Waals surface area (Å²) in [7, 11) is 0. The van der Waals surface area contributed by atoms with Crippen LogP contribution in [-0.2, 0) is 4.74 Å². The van der Waals surface area contributed by atoms with E-state index in [0.29, 0.717) is 23.0 Å². The zero-order valence-corrected chi connectivity index (χ0v) is 10.3. The Morgan fingerprint density at radius 2 is 2.18 bits per heavy atom. The summed E-state index contributed by atoms with van der Waals surface area (Å²) in [5.41, 5.74) is 6.38. The quantitative estimate of drug-likeness (QED) is 0.812. The minimum Gasteiger partial charge on any atom is -0.399 e. The molecule has 3 rings (SSSR count). The van der Waals surface area contributed by atoms with E-state index < -0.39 is 0 Å². The van der Waals surface area contributed by atoms with Gasteiger partial charge in [-0.25, -0.2) is 4.98 Å². The number of aromatic nitrogens is 1. The van der Waals surface area contributed by atoms with Gasteiger partial charge in [0.15, 0.2) is 0 Å². The van der Waals surface area contributed by atoms with Crippen molar-refractivity contribution >= 4 is 23.1 Å². The van der Waals surface area contributed by atoms with E-state index in [0.717, 1.165) is 24.8 Å². The molecule has 5 heteroatoms. The second-order valence-electron chi connectivity index (χ2n) is 4.82. The first kappa shape index (κ1) is 11.1. The summed E-state index contributed by atoms with van der Waals surface area (Å²) in [6, 6.07) is 3.80.